The van der Waals surface area contributed by atoms with E-state index in [9.17, 15) is 10.1 Å². The van der Waals surface area contributed by atoms with Crippen molar-refractivity contribution in [1.82, 2.24) is 15.6 Å². The third-order valence-corrected chi connectivity index (χ3v) is 1.56. The summed E-state index contributed by atoms with van der Waals surface area (Å²) in [5.41, 5.74) is 0. The molecule has 9 nitrogen and oxygen atoms in total. The van der Waals surface area contributed by atoms with E-state index in [1.807, 2.05) is 0 Å². The molecule has 0 fully saturated rings. The maximum Gasteiger partial charge on any atom is 0.459 e. The second-order valence-electron chi connectivity index (χ2n) is 2.48. The monoisotopic (exact) mass is 198 g/mol. The average molecular weight is 198 g/mol. The topological polar surface area (TPSA) is 118 Å². The van der Waals surface area contributed by atoms with Gasteiger partial charge in [-0.05, 0) is 4.92 Å². The van der Waals surface area contributed by atoms with E-state index in [4.69, 9.17) is 0 Å². The molecule has 0 unspecified atom stereocenters. The first-order valence-corrected chi connectivity index (χ1v) is 3.79. The largest absolute Gasteiger partial charge is 0.459 e. The van der Waals surface area contributed by atoms with Crippen molar-refractivity contribution in [2.75, 3.05) is 18.4 Å². The van der Waals surface area contributed by atoms with Crippen molar-refractivity contribution in [1.29, 1.82) is 0 Å². The van der Waals surface area contributed by atoms with Crippen LogP contribution in [0.15, 0.2) is 9.62 Å². The lowest BCUT2D eigenvalue weighted by Gasteiger charge is -1.99. The van der Waals surface area contributed by atoms with E-state index in [0.717, 1.165) is 0 Å². The predicted octanol–water partition coefficient (Wildman–Crippen LogP) is -0.651. The predicted molar refractivity (Wildman–Crippen MR) is 44.9 cm³/mol. The molecule has 0 amide bonds. The summed E-state index contributed by atoms with van der Waals surface area (Å²) >= 11 is 0. The third-order valence-electron chi connectivity index (χ3n) is 1.56. The Hall–Kier alpha value is -2.19. The SMILES string of the molecule is O=[N+]([O-])c1nonc1NC1=NCCN1. The Bertz CT molecular complexity index is 385. The number of rotatable bonds is 2. The Kier molecular flexibility index (Phi) is 1.97. The fourth-order valence-electron chi connectivity index (χ4n) is 0.976. The molecule has 9 heteroatoms. The van der Waals surface area contributed by atoms with Crippen molar-refractivity contribution in [3.8, 4) is 0 Å². The second-order valence-corrected chi connectivity index (χ2v) is 2.48. The van der Waals surface area contributed by atoms with E-state index in [1.54, 1.807) is 0 Å². The molecular formula is C5H6N6O3. The number of guanidine groups is 1. The van der Waals surface area contributed by atoms with E-state index in [-0.39, 0.29) is 5.82 Å². The van der Waals surface area contributed by atoms with E-state index in [1.165, 1.54) is 0 Å². The van der Waals surface area contributed by atoms with Crippen LogP contribution in [0.4, 0.5) is 11.6 Å². The van der Waals surface area contributed by atoms with E-state index in [0.29, 0.717) is 19.0 Å². The Balaban J connectivity index is 2.15. The van der Waals surface area contributed by atoms with Crippen LogP contribution in [0.2, 0.25) is 0 Å². The standard InChI is InChI=1S/C5H6N6O3/c12-11(13)4-3(9-14-10-4)8-5-6-1-2-7-5/h1-2H2,(H2,6,7,8,9). The van der Waals surface area contributed by atoms with Crippen molar-refractivity contribution in [2.45, 2.75) is 0 Å². The Labute approximate surface area is 77.3 Å². The minimum Gasteiger partial charge on any atom is -0.358 e. The number of nitro groups is 1. The average Bonchev–Trinajstić information content (AvgIpc) is 2.75. The molecule has 0 bridgehead atoms. The molecule has 0 saturated heterocycles. The summed E-state index contributed by atoms with van der Waals surface area (Å²) in [7, 11) is 0. The first-order valence-electron chi connectivity index (χ1n) is 3.79. The van der Waals surface area contributed by atoms with Crippen LogP contribution in [0, 0.1) is 10.1 Å². The van der Waals surface area contributed by atoms with E-state index >= 15 is 0 Å². The summed E-state index contributed by atoms with van der Waals surface area (Å²) in [5, 5.41) is 22.3. The first-order chi connectivity index (χ1) is 6.77. The first kappa shape index (κ1) is 8.41. The minimum absolute atomic E-state index is 0.0526. The lowest BCUT2D eigenvalue weighted by molar-refractivity contribution is -0.389. The molecule has 74 valence electrons. The highest BCUT2D eigenvalue weighted by molar-refractivity contribution is 5.94. The highest BCUT2D eigenvalue weighted by Gasteiger charge is 2.23. The van der Waals surface area contributed by atoms with Crippen LogP contribution < -0.4 is 10.6 Å². The number of nitrogens with one attached hydrogen (secondary N) is 2. The second kappa shape index (κ2) is 3.28. The van der Waals surface area contributed by atoms with Gasteiger partial charge >= 0.3 is 5.82 Å². The Morgan fingerprint density at radius 3 is 3.07 bits per heavy atom. The van der Waals surface area contributed by atoms with Crippen LogP contribution in [-0.4, -0.2) is 34.3 Å². The van der Waals surface area contributed by atoms with Gasteiger partial charge in [-0.15, -0.1) is 4.63 Å². The molecule has 1 aromatic heterocycles. The molecule has 0 aliphatic carbocycles. The van der Waals surface area contributed by atoms with E-state index < -0.39 is 10.7 Å². The van der Waals surface area contributed by atoms with Crippen LogP contribution in [0.5, 0.6) is 0 Å². The quantitative estimate of drug-likeness (QED) is 0.478. The lowest BCUT2D eigenvalue weighted by Crippen LogP contribution is -2.26. The summed E-state index contributed by atoms with van der Waals surface area (Å²) in [6.07, 6.45) is 0. The van der Waals surface area contributed by atoms with Crippen molar-refractivity contribution in [3.05, 3.63) is 10.1 Å². The summed E-state index contributed by atoms with van der Waals surface area (Å²) in [6.45, 7) is 1.32. The van der Waals surface area contributed by atoms with Crippen molar-refractivity contribution >= 4 is 17.6 Å². The smallest absolute Gasteiger partial charge is 0.358 e. The number of aromatic nitrogens is 2. The van der Waals surface area contributed by atoms with Gasteiger partial charge in [0.05, 0.1) is 6.54 Å². The zero-order chi connectivity index (χ0) is 9.97. The fraction of sp³-hybridized carbons (Fsp3) is 0.400. The fourth-order valence-corrected chi connectivity index (χ4v) is 0.976. The van der Waals surface area contributed by atoms with E-state index in [2.05, 4.69) is 30.6 Å². The van der Waals surface area contributed by atoms with Gasteiger partial charge in [0, 0.05) is 11.7 Å². The van der Waals surface area contributed by atoms with Crippen LogP contribution in [-0.2, 0) is 0 Å². The summed E-state index contributed by atoms with van der Waals surface area (Å²) in [6, 6.07) is 0. The molecule has 0 spiro atoms. The summed E-state index contributed by atoms with van der Waals surface area (Å²) in [5.74, 6) is -0.0756. The van der Waals surface area contributed by atoms with Crippen molar-refractivity contribution < 1.29 is 9.55 Å². The van der Waals surface area contributed by atoms with Gasteiger partial charge in [0.1, 0.15) is 0 Å². The van der Waals surface area contributed by atoms with Gasteiger partial charge in [0.15, 0.2) is 11.1 Å². The molecule has 2 heterocycles. The Morgan fingerprint density at radius 2 is 2.43 bits per heavy atom. The van der Waals surface area contributed by atoms with Gasteiger partial charge in [-0.25, -0.2) is 0 Å². The molecule has 2 rings (SSSR count). The summed E-state index contributed by atoms with van der Waals surface area (Å²) in [4.78, 5) is 13.7. The van der Waals surface area contributed by atoms with Crippen LogP contribution in [0.3, 0.4) is 0 Å². The molecule has 0 atom stereocenters. The molecule has 1 aliphatic rings. The van der Waals surface area contributed by atoms with Gasteiger partial charge in [0.25, 0.3) is 5.82 Å². The molecule has 2 N–H and O–H groups in total. The molecule has 1 aliphatic heterocycles. The molecule has 0 radical (unpaired) electrons. The normalized spacial score (nSPS) is 14.7. The molecule has 0 aromatic carbocycles. The van der Waals surface area contributed by atoms with Gasteiger partial charge in [-0.2, -0.15) is 0 Å². The maximum atomic E-state index is 10.4. The maximum absolute atomic E-state index is 10.4. The van der Waals surface area contributed by atoms with Gasteiger partial charge in [-0.3, -0.25) is 4.99 Å². The lowest BCUT2D eigenvalue weighted by atomic mass is 10.6. The highest BCUT2D eigenvalue weighted by Crippen LogP contribution is 2.17. The highest BCUT2D eigenvalue weighted by atomic mass is 16.6. The summed E-state index contributed by atoms with van der Waals surface area (Å²) < 4.78 is 4.23. The van der Waals surface area contributed by atoms with Crippen LogP contribution in [0.25, 0.3) is 0 Å². The van der Waals surface area contributed by atoms with Crippen LogP contribution in [0.1, 0.15) is 0 Å². The Morgan fingerprint density at radius 1 is 1.57 bits per heavy atom. The minimum atomic E-state index is -0.686. The molecular weight excluding hydrogens is 192 g/mol. The number of aliphatic imine (C=N–C) groups is 1. The number of anilines is 1. The number of nitrogens with zero attached hydrogens (tertiary/aromatic N) is 4. The van der Waals surface area contributed by atoms with Gasteiger partial charge in [-0.1, -0.05) is 0 Å². The number of hydrogen-bond acceptors (Lipinski definition) is 8. The zero-order valence-corrected chi connectivity index (χ0v) is 6.93. The van der Waals surface area contributed by atoms with Gasteiger partial charge in [0.2, 0.25) is 0 Å². The van der Waals surface area contributed by atoms with Crippen molar-refractivity contribution in [3.63, 3.8) is 0 Å². The van der Waals surface area contributed by atoms with Crippen molar-refractivity contribution in [2.24, 2.45) is 4.99 Å². The van der Waals surface area contributed by atoms with Gasteiger partial charge < -0.3 is 20.7 Å². The number of hydrogen-bond donors (Lipinski definition) is 2. The molecule has 0 saturated carbocycles. The molecule has 1 aromatic rings. The van der Waals surface area contributed by atoms with Crippen LogP contribution >= 0.6 is 0 Å². The third kappa shape index (κ3) is 1.46. The zero-order valence-electron chi connectivity index (χ0n) is 6.93. The molecule has 14 heavy (non-hydrogen) atoms.